The highest BCUT2D eigenvalue weighted by atomic mass is 16.5. The van der Waals surface area contributed by atoms with Crippen molar-refractivity contribution in [3.05, 3.63) is 53.9 Å². The van der Waals surface area contributed by atoms with Crippen LogP contribution < -0.4 is 0 Å². The lowest BCUT2D eigenvalue weighted by Gasteiger charge is -2.00. The van der Waals surface area contributed by atoms with Gasteiger partial charge < -0.3 is 4.74 Å². The molecule has 2 aromatic rings. The fourth-order valence-electron chi connectivity index (χ4n) is 2.96. The lowest BCUT2D eigenvalue weighted by atomic mass is 10.1. The van der Waals surface area contributed by atoms with Gasteiger partial charge in [-0.15, -0.1) is 0 Å². The van der Waals surface area contributed by atoms with Crippen LogP contribution in [-0.4, -0.2) is 22.4 Å². The molecule has 0 spiro atoms. The standard InChI is InChI=1S/C16H18N2O2/c1-3-20-16(19)15-13(11-7-5-4-6-8-11)14(15)12-9-17-18(2)10-12/h4-10,13-15H,3H2,1-2H3/t13-,14-,15-/m1/s1. The molecule has 1 aliphatic carbocycles. The number of nitrogens with zero attached hydrogens (tertiary/aromatic N) is 2. The Labute approximate surface area is 118 Å². The van der Waals surface area contributed by atoms with Crippen molar-refractivity contribution in [3.8, 4) is 0 Å². The Balaban J connectivity index is 1.89. The van der Waals surface area contributed by atoms with Gasteiger partial charge in [-0.2, -0.15) is 5.10 Å². The summed E-state index contributed by atoms with van der Waals surface area (Å²) in [7, 11) is 1.89. The molecule has 0 aliphatic heterocycles. The molecule has 0 amide bonds. The minimum absolute atomic E-state index is 0.0819. The van der Waals surface area contributed by atoms with E-state index >= 15 is 0 Å². The van der Waals surface area contributed by atoms with Gasteiger partial charge in [0, 0.05) is 25.1 Å². The maximum absolute atomic E-state index is 12.1. The van der Waals surface area contributed by atoms with Crippen molar-refractivity contribution in [3.63, 3.8) is 0 Å². The molecule has 4 nitrogen and oxygen atoms in total. The van der Waals surface area contributed by atoms with Gasteiger partial charge in [0.25, 0.3) is 0 Å². The number of hydrogen-bond donors (Lipinski definition) is 0. The normalized spacial score (nSPS) is 24.4. The Morgan fingerprint density at radius 3 is 2.55 bits per heavy atom. The Bertz CT molecular complexity index is 606. The maximum Gasteiger partial charge on any atom is 0.310 e. The summed E-state index contributed by atoms with van der Waals surface area (Å²) in [5, 5.41) is 4.21. The molecule has 0 unspecified atom stereocenters. The van der Waals surface area contributed by atoms with Crippen LogP contribution in [0, 0.1) is 5.92 Å². The zero-order valence-electron chi connectivity index (χ0n) is 11.7. The highest BCUT2D eigenvalue weighted by molar-refractivity contribution is 5.80. The summed E-state index contributed by atoms with van der Waals surface area (Å²) in [5.74, 6) is 0.210. The number of carbonyl (C=O) groups is 1. The average Bonchev–Trinajstić information content (AvgIpc) is 3.07. The smallest absolute Gasteiger partial charge is 0.310 e. The molecule has 4 heteroatoms. The molecule has 0 bridgehead atoms. The fraction of sp³-hybridized carbons (Fsp3) is 0.375. The number of carbonyl (C=O) groups excluding carboxylic acids is 1. The van der Waals surface area contributed by atoms with Gasteiger partial charge in [0.2, 0.25) is 0 Å². The van der Waals surface area contributed by atoms with Crippen LogP contribution in [-0.2, 0) is 16.6 Å². The van der Waals surface area contributed by atoms with Crippen LogP contribution in [0.25, 0.3) is 0 Å². The molecule has 1 fully saturated rings. The van der Waals surface area contributed by atoms with Gasteiger partial charge in [0.1, 0.15) is 0 Å². The number of ether oxygens (including phenoxy) is 1. The minimum atomic E-state index is -0.102. The van der Waals surface area contributed by atoms with Gasteiger partial charge in [0.05, 0.1) is 18.7 Å². The SMILES string of the molecule is CCOC(=O)[C@@H]1[C@H](c2ccccc2)[C@H]1c1cnn(C)c1. The Kier molecular flexibility index (Phi) is 3.30. The third kappa shape index (κ3) is 2.22. The summed E-state index contributed by atoms with van der Waals surface area (Å²) in [5.41, 5.74) is 2.30. The molecule has 1 aliphatic rings. The Morgan fingerprint density at radius 2 is 1.95 bits per heavy atom. The van der Waals surface area contributed by atoms with Crippen LogP contribution in [0.4, 0.5) is 0 Å². The fourth-order valence-corrected chi connectivity index (χ4v) is 2.96. The number of aromatic nitrogens is 2. The monoisotopic (exact) mass is 270 g/mol. The third-order valence-electron chi connectivity index (χ3n) is 3.87. The molecule has 0 N–H and O–H groups in total. The number of benzene rings is 1. The lowest BCUT2D eigenvalue weighted by Crippen LogP contribution is -2.08. The molecule has 3 rings (SSSR count). The van der Waals surface area contributed by atoms with E-state index in [0.29, 0.717) is 6.61 Å². The van der Waals surface area contributed by atoms with E-state index in [9.17, 15) is 4.79 Å². The second kappa shape index (κ2) is 5.12. The van der Waals surface area contributed by atoms with Gasteiger partial charge in [-0.1, -0.05) is 30.3 Å². The average molecular weight is 270 g/mol. The quantitative estimate of drug-likeness (QED) is 0.802. The second-order valence-corrected chi connectivity index (χ2v) is 5.19. The van der Waals surface area contributed by atoms with Crippen molar-refractivity contribution >= 4 is 5.97 Å². The van der Waals surface area contributed by atoms with Crippen molar-refractivity contribution in [2.24, 2.45) is 13.0 Å². The first-order valence-electron chi connectivity index (χ1n) is 6.92. The summed E-state index contributed by atoms with van der Waals surface area (Å²) >= 11 is 0. The molecule has 0 radical (unpaired) electrons. The molecule has 104 valence electrons. The van der Waals surface area contributed by atoms with Crippen molar-refractivity contribution in [1.82, 2.24) is 9.78 Å². The van der Waals surface area contributed by atoms with Crippen molar-refractivity contribution < 1.29 is 9.53 Å². The summed E-state index contributed by atoms with van der Waals surface area (Å²) < 4.78 is 6.99. The molecule has 1 heterocycles. The second-order valence-electron chi connectivity index (χ2n) is 5.19. The van der Waals surface area contributed by atoms with E-state index in [1.165, 1.54) is 5.56 Å². The van der Waals surface area contributed by atoms with Gasteiger partial charge >= 0.3 is 5.97 Å². The highest BCUT2D eigenvalue weighted by Crippen LogP contribution is 2.60. The van der Waals surface area contributed by atoms with E-state index in [0.717, 1.165) is 5.56 Å². The summed E-state index contributed by atoms with van der Waals surface area (Å²) in [6.07, 6.45) is 3.83. The van der Waals surface area contributed by atoms with Crippen LogP contribution >= 0.6 is 0 Å². The van der Waals surface area contributed by atoms with E-state index in [2.05, 4.69) is 17.2 Å². The number of rotatable bonds is 4. The predicted octanol–water partition coefficient (Wildman–Crippen LogP) is 2.48. The summed E-state index contributed by atoms with van der Waals surface area (Å²) in [6.45, 7) is 2.27. The van der Waals surface area contributed by atoms with E-state index in [-0.39, 0.29) is 23.7 Å². The van der Waals surface area contributed by atoms with Gasteiger partial charge in [-0.25, -0.2) is 0 Å². The van der Waals surface area contributed by atoms with Crippen LogP contribution in [0.5, 0.6) is 0 Å². The Hall–Kier alpha value is -2.10. The van der Waals surface area contributed by atoms with Crippen molar-refractivity contribution in [1.29, 1.82) is 0 Å². The van der Waals surface area contributed by atoms with Crippen molar-refractivity contribution in [2.75, 3.05) is 6.61 Å². The molecule has 1 aromatic carbocycles. The number of aryl methyl sites for hydroxylation is 1. The van der Waals surface area contributed by atoms with Crippen LogP contribution in [0.2, 0.25) is 0 Å². The molecule has 1 aromatic heterocycles. The maximum atomic E-state index is 12.1. The largest absolute Gasteiger partial charge is 0.466 e. The third-order valence-corrected chi connectivity index (χ3v) is 3.87. The van der Waals surface area contributed by atoms with Crippen LogP contribution in [0.15, 0.2) is 42.7 Å². The molecular weight excluding hydrogens is 252 g/mol. The van der Waals surface area contributed by atoms with Crippen LogP contribution in [0.1, 0.15) is 29.9 Å². The summed E-state index contributed by atoms with van der Waals surface area (Å²) in [4.78, 5) is 12.1. The van der Waals surface area contributed by atoms with Gasteiger partial charge in [-0.3, -0.25) is 9.48 Å². The van der Waals surface area contributed by atoms with E-state index < -0.39 is 0 Å². The summed E-state index contributed by atoms with van der Waals surface area (Å²) in [6, 6.07) is 10.2. The molecule has 20 heavy (non-hydrogen) atoms. The van der Waals surface area contributed by atoms with E-state index in [1.54, 1.807) is 4.68 Å². The lowest BCUT2D eigenvalue weighted by molar-refractivity contribution is -0.144. The zero-order valence-corrected chi connectivity index (χ0v) is 11.7. The molecule has 1 saturated carbocycles. The predicted molar refractivity (Wildman–Crippen MR) is 75.3 cm³/mol. The molecule has 0 saturated heterocycles. The molecular formula is C16H18N2O2. The first-order chi connectivity index (χ1) is 9.72. The Morgan fingerprint density at radius 1 is 1.25 bits per heavy atom. The highest BCUT2D eigenvalue weighted by Gasteiger charge is 2.57. The first kappa shape index (κ1) is 12.9. The zero-order chi connectivity index (χ0) is 14.1. The molecule has 3 atom stereocenters. The topological polar surface area (TPSA) is 44.1 Å². The van der Waals surface area contributed by atoms with E-state index in [4.69, 9.17) is 4.74 Å². The van der Waals surface area contributed by atoms with Crippen molar-refractivity contribution in [2.45, 2.75) is 18.8 Å². The number of hydrogen-bond acceptors (Lipinski definition) is 3. The van der Waals surface area contributed by atoms with E-state index in [1.807, 2.05) is 44.6 Å². The van der Waals surface area contributed by atoms with Gasteiger partial charge in [0.15, 0.2) is 0 Å². The van der Waals surface area contributed by atoms with Gasteiger partial charge in [-0.05, 0) is 18.1 Å². The van der Waals surface area contributed by atoms with Crippen LogP contribution in [0.3, 0.4) is 0 Å². The minimum Gasteiger partial charge on any atom is -0.466 e. The number of esters is 1. The first-order valence-corrected chi connectivity index (χ1v) is 6.92.